The van der Waals surface area contributed by atoms with Crippen LogP contribution in [0.1, 0.15) is 23.0 Å². The van der Waals surface area contributed by atoms with Crippen molar-refractivity contribution in [3.63, 3.8) is 0 Å². The summed E-state index contributed by atoms with van der Waals surface area (Å²) < 4.78 is 86.8. The molecule has 0 spiro atoms. The van der Waals surface area contributed by atoms with Crippen LogP contribution in [0.4, 0.5) is 23.2 Å². The van der Waals surface area contributed by atoms with E-state index in [2.05, 4.69) is 16.6 Å². The number of anilines is 1. The molecule has 2 atom stereocenters. The first-order valence-electron chi connectivity index (χ1n) is 9.06. The molecule has 1 aliphatic rings. The van der Waals surface area contributed by atoms with Crippen LogP contribution < -0.4 is 14.8 Å². The molecule has 0 radical (unpaired) electrons. The van der Waals surface area contributed by atoms with Gasteiger partial charge in [-0.05, 0) is 25.1 Å². The molecule has 0 bridgehead atoms. The lowest BCUT2D eigenvalue weighted by Gasteiger charge is -2.28. The van der Waals surface area contributed by atoms with Crippen LogP contribution in [0.25, 0.3) is 0 Å². The number of halogens is 4. The molecule has 32 heavy (non-hydrogen) atoms. The van der Waals surface area contributed by atoms with Crippen LogP contribution in [0.15, 0.2) is 41.9 Å². The average Bonchev–Trinajstić information content (AvgIpc) is 2.96. The maximum absolute atomic E-state index is 13.5. The van der Waals surface area contributed by atoms with Crippen molar-refractivity contribution in [1.29, 1.82) is 0 Å². The number of rotatable bonds is 4. The number of nitrogens with zero attached hydrogens (tertiary/aromatic N) is 1. The van der Waals surface area contributed by atoms with Crippen molar-refractivity contribution in [2.45, 2.75) is 29.6 Å². The molecule has 0 saturated heterocycles. The number of benzene rings is 1. The van der Waals surface area contributed by atoms with Gasteiger partial charge in [0.05, 0.1) is 17.2 Å². The molecule has 1 amide bonds. The zero-order chi connectivity index (χ0) is 24.1. The zero-order valence-electron chi connectivity index (χ0n) is 16.8. The molecule has 1 aromatic carbocycles. The summed E-state index contributed by atoms with van der Waals surface area (Å²) in [5.41, 5.74) is -3.91. The third kappa shape index (κ3) is 4.36. The summed E-state index contributed by atoms with van der Waals surface area (Å²) in [7, 11) is -2.90. The number of carbonyl (C=O) groups is 1. The first-order valence-corrected chi connectivity index (χ1v) is 10.5. The Morgan fingerprint density at radius 3 is 2.66 bits per heavy atom. The van der Waals surface area contributed by atoms with E-state index >= 15 is 0 Å². The third-order valence-electron chi connectivity index (χ3n) is 4.95. The number of alkyl halides is 3. The highest BCUT2D eigenvalue weighted by Crippen LogP contribution is 2.35. The number of fused-ring (bicyclic) bond motifs is 1. The molecule has 2 aromatic rings. The molecular formula is C19H19F4N3O5S. The molecule has 0 unspecified atom stereocenters. The van der Waals surface area contributed by atoms with Gasteiger partial charge in [-0.15, -0.1) is 6.58 Å². The Morgan fingerprint density at radius 2 is 2.06 bits per heavy atom. The van der Waals surface area contributed by atoms with Gasteiger partial charge in [-0.1, -0.05) is 6.08 Å². The van der Waals surface area contributed by atoms with Crippen LogP contribution in [0.2, 0.25) is 0 Å². The maximum Gasteiger partial charge on any atom is 0.419 e. The minimum Gasteiger partial charge on any atom is -0.488 e. The van der Waals surface area contributed by atoms with Crippen molar-refractivity contribution >= 4 is 21.6 Å². The summed E-state index contributed by atoms with van der Waals surface area (Å²) >= 11 is 0. The SMILES string of the molecule is C=C[C@@](C)(O)[C@@H]1COc2c(cn(C)c2C(=O)Nc2ccc(F)c(C(F)(F)F)c2)S(=O)(=O)N1. The molecule has 8 nitrogen and oxygen atoms in total. The largest absolute Gasteiger partial charge is 0.488 e. The second-order valence-electron chi connectivity index (χ2n) is 7.34. The summed E-state index contributed by atoms with van der Waals surface area (Å²) in [4.78, 5) is 12.4. The average molecular weight is 477 g/mol. The highest BCUT2D eigenvalue weighted by Gasteiger charge is 2.40. The van der Waals surface area contributed by atoms with Gasteiger partial charge in [-0.25, -0.2) is 17.5 Å². The van der Waals surface area contributed by atoms with Crippen LogP contribution in [0.3, 0.4) is 0 Å². The van der Waals surface area contributed by atoms with E-state index in [0.29, 0.717) is 12.1 Å². The molecule has 0 fully saturated rings. The van der Waals surface area contributed by atoms with Gasteiger partial charge < -0.3 is 19.7 Å². The third-order valence-corrected chi connectivity index (χ3v) is 6.41. The zero-order valence-corrected chi connectivity index (χ0v) is 17.6. The number of aliphatic hydroxyl groups is 1. The quantitative estimate of drug-likeness (QED) is 0.463. The first-order chi connectivity index (χ1) is 14.7. The van der Waals surface area contributed by atoms with Gasteiger partial charge in [-0.2, -0.15) is 13.2 Å². The van der Waals surface area contributed by atoms with E-state index in [1.807, 2.05) is 0 Å². The molecule has 2 heterocycles. The van der Waals surface area contributed by atoms with Crippen molar-refractivity contribution in [3.8, 4) is 5.75 Å². The van der Waals surface area contributed by atoms with Gasteiger partial charge in [0.2, 0.25) is 10.0 Å². The predicted octanol–water partition coefficient (Wildman–Crippen LogP) is 2.41. The van der Waals surface area contributed by atoms with E-state index < -0.39 is 50.0 Å². The van der Waals surface area contributed by atoms with E-state index in [-0.39, 0.29) is 23.7 Å². The number of aromatic nitrogens is 1. The Labute approximate surface area is 180 Å². The molecule has 0 saturated carbocycles. The van der Waals surface area contributed by atoms with Crippen LogP contribution in [0, 0.1) is 5.82 Å². The fraction of sp³-hybridized carbons (Fsp3) is 0.316. The minimum absolute atomic E-state index is 0.304. The number of aryl methyl sites for hydroxylation is 1. The molecule has 3 rings (SSSR count). The second-order valence-corrected chi connectivity index (χ2v) is 9.03. The molecule has 1 aromatic heterocycles. The van der Waals surface area contributed by atoms with E-state index in [1.54, 1.807) is 0 Å². The minimum atomic E-state index is -4.98. The smallest absolute Gasteiger partial charge is 0.419 e. The van der Waals surface area contributed by atoms with Crippen molar-refractivity contribution in [1.82, 2.24) is 9.29 Å². The van der Waals surface area contributed by atoms with E-state index in [9.17, 15) is 35.9 Å². The van der Waals surface area contributed by atoms with Crippen LogP contribution >= 0.6 is 0 Å². The fourth-order valence-electron chi connectivity index (χ4n) is 3.06. The Kier molecular flexibility index (Phi) is 5.87. The van der Waals surface area contributed by atoms with Gasteiger partial charge in [0.25, 0.3) is 5.91 Å². The predicted molar refractivity (Wildman–Crippen MR) is 105 cm³/mol. The topological polar surface area (TPSA) is 110 Å². The van der Waals surface area contributed by atoms with E-state index in [4.69, 9.17) is 4.74 Å². The molecule has 174 valence electrons. The lowest BCUT2D eigenvalue weighted by atomic mass is 9.98. The van der Waals surface area contributed by atoms with E-state index in [1.165, 1.54) is 14.0 Å². The molecule has 0 aliphatic carbocycles. The normalized spacial score (nSPS) is 19.8. The summed E-state index contributed by atoms with van der Waals surface area (Å²) in [5.74, 6) is -2.85. The number of hydrogen-bond donors (Lipinski definition) is 3. The lowest BCUT2D eigenvalue weighted by Crippen LogP contribution is -2.51. The summed E-state index contributed by atoms with van der Waals surface area (Å²) in [5, 5.41) is 12.5. The van der Waals surface area contributed by atoms with Crippen LogP contribution in [-0.4, -0.2) is 42.2 Å². The molecule has 1 aliphatic heterocycles. The summed E-state index contributed by atoms with van der Waals surface area (Å²) in [6, 6.07) is 0.771. The molecule has 3 N–H and O–H groups in total. The highest BCUT2D eigenvalue weighted by atomic mass is 32.2. The highest BCUT2D eigenvalue weighted by molar-refractivity contribution is 7.89. The van der Waals surface area contributed by atoms with Crippen LogP contribution in [-0.2, 0) is 23.2 Å². The van der Waals surface area contributed by atoms with Crippen LogP contribution in [0.5, 0.6) is 5.75 Å². The van der Waals surface area contributed by atoms with Crippen molar-refractivity contribution in [2.75, 3.05) is 11.9 Å². The van der Waals surface area contributed by atoms with Gasteiger partial charge >= 0.3 is 6.18 Å². The van der Waals surface area contributed by atoms with Gasteiger partial charge in [-0.3, -0.25) is 4.79 Å². The summed E-state index contributed by atoms with van der Waals surface area (Å²) in [6.45, 7) is 4.39. The lowest BCUT2D eigenvalue weighted by molar-refractivity contribution is -0.139. The van der Waals surface area contributed by atoms with E-state index in [0.717, 1.165) is 22.9 Å². The van der Waals surface area contributed by atoms with Gasteiger partial charge in [0.1, 0.15) is 17.3 Å². The van der Waals surface area contributed by atoms with Crippen molar-refractivity contribution < 1.29 is 40.6 Å². The molecule has 13 heteroatoms. The molecular weight excluding hydrogens is 458 g/mol. The van der Waals surface area contributed by atoms with Gasteiger partial charge in [0, 0.05) is 18.9 Å². The number of nitrogens with one attached hydrogen (secondary N) is 2. The van der Waals surface area contributed by atoms with Crippen molar-refractivity contribution in [3.05, 3.63) is 54.1 Å². The van der Waals surface area contributed by atoms with Crippen molar-refractivity contribution in [2.24, 2.45) is 7.05 Å². The maximum atomic E-state index is 13.5. The Morgan fingerprint density at radius 1 is 1.41 bits per heavy atom. The Balaban J connectivity index is 1.98. The summed E-state index contributed by atoms with van der Waals surface area (Å²) in [6.07, 6.45) is -2.77. The number of ether oxygens (including phenoxy) is 1. The second kappa shape index (κ2) is 7.90. The Bertz CT molecular complexity index is 1190. The fourth-order valence-corrected chi connectivity index (χ4v) is 4.57. The monoisotopic (exact) mass is 477 g/mol. The standard InChI is InChI=1S/C19H19F4N3O5S/c1-4-18(2,28)14-9-31-16-13(32(29,30)25-14)8-26(3)15(16)17(27)24-10-5-6-12(20)11(7-10)19(21,22)23/h4-8,14,25,28H,1,9H2,2-3H3,(H,24,27)/t14-,18+/m0/s1. The first kappa shape index (κ1) is 23.8. The van der Waals surface area contributed by atoms with Gasteiger partial charge in [0.15, 0.2) is 11.4 Å². The number of carbonyl (C=O) groups excluding carboxylic acids is 1. The number of sulfonamides is 1. The number of amides is 1. The Hall–Kier alpha value is -2.90. The number of hydrogen-bond acceptors (Lipinski definition) is 5.